The van der Waals surface area contributed by atoms with E-state index >= 15 is 13.2 Å². The van der Waals surface area contributed by atoms with E-state index in [0.717, 1.165) is 139 Å². The maximum atomic E-state index is 15.9. The van der Waals surface area contributed by atoms with Crippen LogP contribution in [0.4, 0.5) is 18.9 Å². The number of aromatic nitrogens is 2. The highest BCUT2D eigenvalue weighted by Gasteiger charge is 2.36. The van der Waals surface area contributed by atoms with Crippen molar-refractivity contribution < 1.29 is 13.2 Å². The predicted molar refractivity (Wildman–Crippen MR) is 316 cm³/mol. The fourth-order valence-electron chi connectivity index (χ4n) is 12.2. The van der Waals surface area contributed by atoms with E-state index in [1.54, 1.807) is 12.1 Å². The lowest BCUT2D eigenvalue weighted by Crippen LogP contribution is -2.09. The SMILES string of the molecule is [C-]#[N+]c1cc(-n2c3cc(-c4cc(C)cc(C)c4)ccc3c3ccc(-c4cc(C)cc(C)c4)cc32)c(-c2ccc(C#N)cc2C(F)(F)F)cc1-n1c2cc(-c3cc(C)cc(C)c3)ccc2c2ccc(-c3cc(C)cc(C)c3)cc21. The first-order valence-electron chi connectivity index (χ1n) is 26.1. The Kier molecular flexibility index (Phi) is 11.8. The average molecular weight is 1020 g/mol. The van der Waals surface area contributed by atoms with Crippen LogP contribution < -0.4 is 0 Å². The van der Waals surface area contributed by atoms with Gasteiger partial charge in [0.05, 0.1) is 51.5 Å². The molecule has 0 saturated heterocycles. The molecule has 0 aliphatic rings. The molecule has 0 N–H and O–H groups in total. The lowest BCUT2D eigenvalue weighted by molar-refractivity contribution is -0.137. The third-order valence-corrected chi connectivity index (χ3v) is 15.2. The van der Waals surface area contributed by atoms with Crippen LogP contribution in [0.15, 0.2) is 176 Å². The van der Waals surface area contributed by atoms with E-state index in [2.05, 4.69) is 215 Å². The molecule has 0 amide bonds. The van der Waals surface area contributed by atoms with Crippen LogP contribution in [-0.4, -0.2) is 9.13 Å². The minimum Gasteiger partial charge on any atom is -0.319 e. The largest absolute Gasteiger partial charge is 0.417 e. The summed E-state index contributed by atoms with van der Waals surface area (Å²) in [5.41, 5.74) is 20.0. The second kappa shape index (κ2) is 18.7. The Morgan fingerprint density at radius 1 is 0.372 bits per heavy atom. The first kappa shape index (κ1) is 49.4. The molecule has 10 aromatic carbocycles. The van der Waals surface area contributed by atoms with Gasteiger partial charge in [0.25, 0.3) is 0 Å². The van der Waals surface area contributed by atoms with Crippen molar-refractivity contribution in [3.05, 3.63) is 243 Å². The number of aryl methyl sites for hydroxylation is 8. The Morgan fingerprint density at radius 3 is 1.01 bits per heavy atom. The van der Waals surface area contributed by atoms with Crippen molar-refractivity contribution in [2.24, 2.45) is 0 Å². The summed E-state index contributed by atoms with van der Waals surface area (Å²) in [6.07, 6.45) is -4.86. The third kappa shape index (κ3) is 8.68. The molecule has 0 radical (unpaired) electrons. The molecule has 12 aromatic rings. The van der Waals surface area contributed by atoms with Gasteiger partial charge in [-0.25, -0.2) is 4.85 Å². The molecule has 0 saturated carbocycles. The normalized spacial score (nSPS) is 11.8. The summed E-state index contributed by atoms with van der Waals surface area (Å²) in [5.74, 6) is 0. The lowest BCUT2D eigenvalue weighted by atomic mass is 9.94. The molecule has 0 aliphatic carbocycles. The molecule has 0 aliphatic heterocycles. The molecule has 0 atom stereocenters. The van der Waals surface area contributed by atoms with E-state index in [1.165, 1.54) is 12.1 Å². The standard InChI is InChI=1S/C71H53F3N4/c1-40-20-41(2)25-53(24-40)49-11-16-58-59-17-12-50(54-26-42(3)21-43(4)27-54)34-66(59)77(65(58)33-49)69-38-64(76-9)70(37-62(69)57-15-10-48(39-75)32-63(57)71(72,73)74)78-67-35-51(55-28-44(5)22-45(6)29-55)13-18-60(67)61-19-14-52(36-68(61)78)56-30-46(7)23-47(8)31-56/h10-38H,1-8H3. The van der Waals surface area contributed by atoms with E-state index in [0.29, 0.717) is 11.4 Å². The second-order valence-corrected chi connectivity index (χ2v) is 21.4. The van der Waals surface area contributed by atoms with Gasteiger partial charge in [0.15, 0.2) is 0 Å². The Labute approximate surface area is 452 Å². The molecule has 7 heteroatoms. The van der Waals surface area contributed by atoms with Crippen LogP contribution in [0.5, 0.6) is 0 Å². The summed E-state index contributed by atoms with van der Waals surface area (Å²) in [6.45, 7) is 25.7. The molecule has 12 rings (SSSR count). The van der Waals surface area contributed by atoms with E-state index in [-0.39, 0.29) is 22.4 Å². The highest BCUT2D eigenvalue weighted by Crippen LogP contribution is 2.48. The summed E-state index contributed by atoms with van der Waals surface area (Å²) in [7, 11) is 0. The van der Waals surface area contributed by atoms with Gasteiger partial charge >= 0.3 is 6.18 Å². The number of hydrogen-bond donors (Lipinski definition) is 0. The molecule has 78 heavy (non-hydrogen) atoms. The number of fused-ring (bicyclic) bond motifs is 6. The number of nitriles is 1. The molecular weight excluding hydrogens is 966 g/mol. The summed E-state index contributed by atoms with van der Waals surface area (Å²) in [6, 6.07) is 60.5. The number of benzene rings is 10. The molecule has 0 fully saturated rings. The fraction of sp³-hybridized carbons (Fsp3) is 0.127. The van der Waals surface area contributed by atoms with Gasteiger partial charge in [-0.2, -0.15) is 18.4 Å². The highest BCUT2D eigenvalue weighted by atomic mass is 19.4. The van der Waals surface area contributed by atoms with Crippen LogP contribution in [0.25, 0.3) is 115 Å². The van der Waals surface area contributed by atoms with Crippen LogP contribution in [-0.2, 0) is 6.18 Å². The Morgan fingerprint density at radius 2 is 0.705 bits per heavy atom. The van der Waals surface area contributed by atoms with Gasteiger partial charge in [0.1, 0.15) is 0 Å². The first-order chi connectivity index (χ1) is 37.4. The predicted octanol–water partition coefficient (Wildman–Crippen LogP) is 20.1. The van der Waals surface area contributed by atoms with Gasteiger partial charge in [-0.05, 0) is 154 Å². The number of alkyl halides is 3. The van der Waals surface area contributed by atoms with Crippen molar-refractivity contribution >= 4 is 49.3 Å². The number of rotatable bonds is 7. The zero-order valence-corrected chi connectivity index (χ0v) is 44.7. The minimum atomic E-state index is -4.86. The van der Waals surface area contributed by atoms with E-state index in [9.17, 15) is 5.26 Å². The summed E-state index contributed by atoms with van der Waals surface area (Å²) < 4.78 is 51.9. The molecule has 0 unspecified atom stereocenters. The summed E-state index contributed by atoms with van der Waals surface area (Å²) >= 11 is 0. The Balaban J connectivity index is 1.24. The molecule has 4 nitrogen and oxygen atoms in total. The van der Waals surface area contributed by atoms with Gasteiger partial charge in [-0.15, -0.1) is 0 Å². The number of nitrogens with zero attached hydrogens (tertiary/aromatic N) is 4. The van der Waals surface area contributed by atoms with E-state index in [4.69, 9.17) is 6.57 Å². The van der Waals surface area contributed by atoms with Gasteiger partial charge in [0, 0.05) is 32.8 Å². The van der Waals surface area contributed by atoms with Crippen molar-refractivity contribution in [2.45, 2.75) is 61.6 Å². The Bertz CT molecular complexity index is 4310. The maximum absolute atomic E-state index is 15.9. The quantitative estimate of drug-likeness (QED) is 0.147. The van der Waals surface area contributed by atoms with Crippen LogP contribution in [0.3, 0.4) is 0 Å². The maximum Gasteiger partial charge on any atom is 0.417 e. The zero-order chi connectivity index (χ0) is 54.5. The van der Waals surface area contributed by atoms with E-state index in [1.807, 2.05) is 6.07 Å². The van der Waals surface area contributed by atoms with Gasteiger partial charge < -0.3 is 9.13 Å². The van der Waals surface area contributed by atoms with Crippen LogP contribution in [0.2, 0.25) is 0 Å². The molecule has 2 heterocycles. The Hall–Kier alpha value is -9.43. The minimum absolute atomic E-state index is 0.112. The van der Waals surface area contributed by atoms with Crippen molar-refractivity contribution in [1.82, 2.24) is 9.13 Å². The smallest absolute Gasteiger partial charge is 0.319 e. The number of halogens is 3. The lowest BCUT2D eigenvalue weighted by Gasteiger charge is -2.22. The third-order valence-electron chi connectivity index (χ3n) is 15.2. The van der Waals surface area contributed by atoms with Crippen molar-refractivity contribution in [2.75, 3.05) is 0 Å². The van der Waals surface area contributed by atoms with Gasteiger partial charge in [-0.3, -0.25) is 0 Å². The van der Waals surface area contributed by atoms with Crippen LogP contribution in [0.1, 0.15) is 55.6 Å². The van der Waals surface area contributed by atoms with Crippen molar-refractivity contribution in [3.8, 4) is 73.1 Å². The van der Waals surface area contributed by atoms with Crippen molar-refractivity contribution in [1.29, 1.82) is 5.26 Å². The fourth-order valence-corrected chi connectivity index (χ4v) is 12.2. The molecule has 0 spiro atoms. The van der Waals surface area contributed by atoms with Crippen molar-refractivity contribution in [3.63, 3.8) is 0 Å². The molecule has 0 bridgehead atoms. The number of hydrogen-bond acceptors (Lipinski definition) is 1. The zero-order valence-electron chi connectivity index (χ0n) is 44.7. The topological polar surface area (TPSA) is 38.0 Å². The van der Waals surface area contributed by atoms with Gasteiger partial charge in [0.2, 0.25) is 5.69 Å². The first-order valence-corrected chi connectivity index (χ1v) is 26.1. The second-order valence-electron chi connectivity index (χ2n) is 21.4. The average Bonchev–Trinajstić information content (AvgIpc) is 4.11. The monoisotopic (exact) mass is 1020 g/mol. The molecule has 2 aromatic heterocycles. The van der Waals surface area contributed by atoms with Crippen LogP contribution in [0, 0.1) is 73.3 Å². The van der Waals surface area contributed by atoms with E-state index < -0.39 is 11.7 Å². The summed E-state index contributed by atoms with van der Waals surface area (Å²) in [5, 5.41) is 13.8. The summed E-state index contributed by atoms with van der Waals surface area (Å²) in [4.78, 5) is 4.33. The molecule has 378 valence electrons. The molecular formula is C71H53F3N4. The van der Waals surface area contributed by atoms with Crippen LogP contribution >= 0.6 is 0 Å². The highest BCUT2D eigenvalue weighted by molar-refractivity contribution is 6.14. The van der Waals surface area contributed by atoms with Gasteiger partial charge in [-0.1, -0.05) is 172 Å².